The zero-order chi connectivity index (χ0) is 19.2. The van der Waals surface area contributed by atoms with Crippen LogP contribution < -0.4 is 0 Å². The predicted molar refractivity (Wildman–Crippen MR) is 101 cm³/mol. The second-order valence-corrected chi connectivity index (χ2v) is 9.22. The van der Waals surface area contributed by atoms with Gasteiger partial charge in [-0.05, 0) is 68.4 Å². The van der Waals surface area contributed by atoms with E-state index in [0.717, 1.165) is 12.8 Å². The molecule has 4 unspecified atom stereocenters. The van der Waals surface area contributed by atoms with Gasteiger partial charge in [-0.3, -0.25) is 9.59 Å². The van der Waals surface area contributed by atoms with E-state index in [1.54, 1.807) is 6.92 Å². The third-order valence-corrected chi connectivity index (χ3v) is 7.06. The Morgan fingerprint density at radius 2 is 1.12 bits per heavy atom. The van der Waals surface area contributed by atoms with E-state index in [2.05, 4.69) is 41.5 Å². The molecule has 140 valence electrons. The lowest BCUT2D eigenvalue weighted by Gasteiger charge is -2.54. The minimum Gasteiger partial charge on any atom is -0.397 e. The first kappa shape index (κ1) is 20.1. The molecule has 0 heterocycles. The monoisotopic (exact) mass is 346 g/mol. The van der Waals surface area contributed by atoms with Crippen LogP contribution in [0.4, 0.5) is 0 Å². The van der Waals surface area contributed by atoms with Crippen molar-refractivity contribution in [2.75, 3.05) is 6.61 Å². The van der Waals surface area contributed by atoms with Crippen LogP contribution in [0.25, 0.3) is 0 Å². The zero-order valence-corrected chi connectivity index (χ0v) is 16.8. The molecule has 0 aliphatic heterocycles. The Balaban J connectivity index is 0.000000156. The minimum atomic E-state index is 0.250. The van der Waals surface area contributed by atoms with Gasteiger partial charge in [-0.25, -0.2) is 0 Å². The lowest BCUT2D eigenvalue weighted by atomic mass is 9.49. The van der Waals surface area contributed by atoms with Crippen LogP contribution in [0.2, 0.25) is 0 Å². The van der Waals surface area contributed by atoms with Crippen LogP contribution in [0.15, 0.2) is 23.3 Å². The molecule has 2 saturated carbocycles. The first-order valence-electron chi connectivity index (χ1n) is 9.53. The van der Waals surface area contributed by atoms with E-state index in [0.29, 0.717) is 35.2 Å². The molecule has 6 rings (SSSR count). The molecule has 0 spiro atoms. The van der Waals surface area contributed by atoms with Gasteiger partial charge in [0.15, 0.2) is 11.6 Å². The summed E-state index contributed by atoms with van der Waals surface area (Å²) in [5, 5.41) is 7.57. The van der Waals surface area contributed by atoms with Gasteiger partial charge in [0, 0.05) is 18.4 Å². The third-order valence-electron chi connectivity index (χ3n) is 7.06. The highest BCUT2D eigenvalue weighted by atomic mass is 16.2. The van der Waals surface area contributed by atoms with Crippen molar-refractivity contribution in [1.29, 1.82) is 0 Å². The van der Waals surface area contributed by atoms with E-state index in [1.165, 1.54) is 11.1 Å². The molecule has 2 fully saturated rings. The standard InChI is InChI=1S/2C10H14O.C2H6O/c2*1-6-4-9(11)8-5-7(6)10(8,2)3;1-2-3/h2*4,7-8H,5H2,1-3H3;3H,2H2,1H3. The van der Waals surface area contributed by atoms with Gasteiger partial charge >= 0.3 is 0 Å². The smallest absolute Gasteiger partial charge is 0.159 e. The SMILES string of the molecule is CC1=CC(=O)C2CC1C2(C)C.CC1=CC(=O)C2CC1C2(C)C.CCO. The van der Waals surface area contributed by atoms with E-state index in [9.17, 15) is 9.59 Å². The summed E-state index contributed by atoms with van der Waals surface area (Å²) in [6, 6.07) is 0. The third kappa shape index (κ3) is 3.28. The van der Waals surface area contributed by atoms with Gasteiger partial charge in [0.2, 0.25) is 0 Å². The Morgan fingerprint density at radius 3 is 1.28 bits per heavy atom. The summed E-state index contributed by atoms with van der Waals surface area (Å²) in [7, 11) is 0. The fourth-order valence-electron chi connectivity index (χ4n) is 5.21. The molecule has 0 aromatic rings. The van der Waals surface area contributed by atoms with Crippen molar-refractivity contribution in [3.05, 3.63) is 23.3 Å². The zero-order valence-electron chi connectivity index (χ0n) is 16.8. The summed E-state index contributed by atoms with van der Waals surface area (Å²) in [6.07, 6.45) is 5.89. The largest absolute Gasteiger partial charge is 0.397 e. The number of aliphatic hydroxyl groups is 1. The molecule has 0 amide bonds. The maximum absolute atomic E-state index is 11.4. The van der Waals surface area contributed by atoms with E-state index >= 15 is 0 Å². The fraction of sp³-hybridized carbons (Fsp3) is 0.727. The van der Waals surface area contributed by atoms with E-state index in [4.69, 9.17) is 5.11 Å². The van der Waals surface area contributed by atoms with Crippen molar-refractivity contribution in [1.82, 2.24) is 0 Å². The second kappa shape index (κ2) is 6.83. The van der Waals surface area contributed by atoms with Crippen molar-refractivity contribution >= 4 is 11.6 Å². The molecule has 0 aromatic carbocycles. The molecule has 0 radical (unpaired) electrons. The maximum Gasteiger partial charge on any atom is 0.159 e. The summed E-state index contributed by atoms with van der Waals surface area (Å²) in [5.41, 5.74) is 3.11. The molecule has 6 aliphatic rings. The van der Waals surface area contributed by atoms with Crippen LogP contribution >= 0.6 is 0 Å². The Morgan fingerprint density at radius 1 is 0.840 bits per heavy atom. The van der Waals surface area contributed by atoms with Crippen LogP contribution in [0.5, 0.6) is 0 Å². The normalized spacial score (nSPS) is 35.5. The molecular formula is C22H34O3. The Hall–Kier alpha value is -1.22. The molecule has 4 bridgehead atoms. The van der Waals surface area contributed by atoms with E-state index in [1.807, 2.05) is 12.2 Å². The number of allylic oxidation sites excluding steroid dienone is 4. The summed E-state index contributed by atoms with van der Waals surface area (Å²) in [6.45, 7) is 14.9. The molecule has 0 aromatic heterocycles. The van der Waals surface area contributed by atoms with Crippen molar-refractivity contribution in [2.45, 2.75) is 61.3 Å². The van der Waals surface area contributed by atoms with Gasteiger partial charge in [-0.2, -0.15) is 0 Å². The number of rotatable bonds is 0. The summed E-state index contributed by atoms with van der Waals surface area (Å²) >= 11 is 0. The molecule has 3 nitrogen and oxygen atoms in total. The number of hydrogen-bond donors (Lipinski definition) is 1. The first-order chi connectivity index (χ1) is 11.5. The summed E-state index contributed by atoms with van der Waals surface area (Å²) < 4.78 is 0. The summed E-state index contributed by atoms with van der Waals surface area (Å²) in [5.74, 6) is 2.74. The van der Waals surface area contributed by atoms with Crippen LogP contribution in [0.1, 0.15) is 61.3 Å². The van der Waals surface area contributed by atoms with Crippen LogP contribution in [-0.4, -0.2) is 23.3 Å². The van der Waals surface area contributed by atoms with Gasteiger partial charge in [0.1, 0.15) is 0 Å². The molecule has 4 atom stereocenters. The topological polar surface area (TPSA) is 54.4 Å². The fourth-order valence-corrected chi connectivity index (χ4v) is 5.21. The van der Waals surface area contributed by atoms with Crippen molar-refractivity contribution < 1.29 is 14.7 Å². The minimum absolute atomic E-state index is 0.250. The lowest BCUT2D eigenvalue weighted by Crippen LogP contribution is -2.51. The molecule has 1 N–H and O–H groups in total. The number of ketones is 2. The van der Waals surface area contributed by atoms with E-state index in [-0.39, 0.29) is 17.4 Å². The highest BCUT2D eigenvalue weighted by Gasteiger charge is 2.54. The van der Waals surface area contributed by atoms with Crippen LogP contribution in [0, 0.1) is 34.5 Å². The molecule has 0 saturated heterocycles. The molecule has 3 heteroatoms. The maximum atomic E-state index is 11.4. The summed E-state index contributed by atoms with van der Waals surface area (Å²) in [4.78, 5) is 22.8. The number of aliphatic hydroxyl groups excluding tert-OH is 1. The van der Waals surface area contributed by atoms with Gasteiger partial charge < -0.3 is 5.11 Å². The van der Waals surface area contributed by atoms with Crippen molar-refractivity contribution in [2.24, 2.45) is 34.5 Å². The molecular weight excluding hydrogens is 312 g/mol. The number of carbonyl (C=O) groups is 2. The van der Waals surface area contributed by atoms with Gasteiger partial charge in [0.25, 0.3) is 0 Å². The number of carbonyl (C=O) groups excluding carboxylic acids is 2. The molecule has 25 heavy (non-hydrogen) atoms. The average Bonchev–Trinajstić information content (AvgIpc) is 2.45. The molecule has 6 aliphatic carbocycles. The van der Waals surface area contributed by atoms with Crippen LogP contribution in [-0.2, 0) is 9.59 Å². The van der Waals surface area contributed by atoms with Gasteiger partial charge in [-0.15, -0.1) is 0 Å². The van der Waals surface area contributed by atoms with Crippen molar-refractivity contribution in [3.8, 4) is 0 Å². The first-order valence-corrected chi connectivity index (χ1v) is 9.53. The highest BCUT2D eigenvalue weighted by molar-refractivity contribution is 5.96. The quantitative estimate of drug-likeness (QED) is 0.709. The Kier molecular flexibility index (Phi) is 5.49. The Labute approximate surface area is 152 Å². The average molecular weight is 347 g/mol. The Bertz CT molecular complexity index is 567. The van der Waals surface area contributed by atoms with Gasteiger partial charge in [0.05, 0.1) is 0 Å². The second-order valence-electron chi connectivity index (χ2n) is 9.22. The lowest BCUT2D eigenvalue weighted by molar-refractivity contribution is -0.134. The van der Waals surface area contributed by atoms with Crippen molar-refractivity contribution in [3.63, 3.8) is 0 Å². The number of fused-ring (bicyclic) bond motifs is 2. The highest BCUT2D eigenvalue weighted by Crippen LogP contribution is 2.58. The van der Waals surface area contributed by atoms with Crippen LogP contribution in [0.3, 0.4) is 0 Å². The predicted octanol–water partition coefficient (Wildman–Crippen LogP) is 4.35. The number of hydrogen-bond acceptors (Lipinski definition) is 3. The van der Waals surface area contributed by atoms with Gasteiger partial charge in [-0.1, -0.05) is 38.8 Å². The van der Waals surface area contributed by atoms with E-state index < -0.39 is 0 Å².